The number of halogens is 2. The van der Waals surface area contributed by atoms with E-state index in [9.17, 15) is 0 Å². The molecule has 2 rings (SSSR count). The Morgan fingerprint density at radius 2 is 2.28 bits per heavy atom. The van der Waals surface area contributed by atoms with Gasteiger partial charge in [-0.25, -0.2) is 0 Å². The average molecular weight is 333 g/mol. The second-order valence-electron chi connectivity index (χ2n) is 4.99. The highest BCUT2D eigenvalue weighted by atomic mass is 79.9. The van der Waals surface area contributed by atoms with Crippen molar-refractivity contribution in [3.8, 4) is 0 Å². The van der Waals surface area contributed by atoms with Gasteiger partial charge in [0, 0.05) is 29.2 Å². The van der Waals surface area contributed by atoms with Crippen LogP contribution < -0.4 is 0 Å². The van der Waals surface area contributed by atoms with E-state index in [0.29, 0.717) is 12.5 Å². The van der Waals surface area contributed by atoms with Gasteiger partial charge >= 0.3 is 0 Å². The lowest BCUT2D eigenvalue weighted by molar-refractivity contribution is 0.142. The third-order valence-electron chi connectivity index (χ3n) is 3.55. The highest BCUT2D eigenvalue weighted by Gasteiger charge is 2.20. The lowest BCUT2D eigenvalue weighted by Crippen LogP contribution is -2.35. The van der Waals surface area contributed by atoms with Crippen LogP contribution in [-0.2, 0) is 6.54 Å². The molecule has 1 N–H and O–H groups in total. The minimum absolute atomic E-state index is 0.303. The van der Waals surface area contributed by atoms with E-state index < -0.39 is 0 Å². The molecule has 1 fully saturated rings. The number of piperidine rings is 1. The molecular formula is C14H19BrClNO. The monoisotopic (exact) mass is 331 g/mol. The Bertz CT molecular complexity index is 397. The zero-order valence-electron chi connectivity index (χ0n) is 10.4. The summed E-state index contributed by atoms with van der Waals surface area (Å²) < 4.78 is 1.02. The fourth-order valence-electron chi connectivity index (χ4n) is 2.60. The molecule has 4 heteroatoms. The molecular weight excluding hydrogens is 314 g/mol. The van der Waals surface area contributed by atoms with Crippen molar-refractivity contribution in [1.82, 2.24) is 4.90 Å². The summed E-state index contributed by atoms with van der Waals surface area (Å²) in [6, 6.07) is 6.07. The van der Waals surface area contributed by atoms with Gasteiger partial charge in [-0.15, -0.1) is 0 Å². The molecule has 0 radical (unpaired) electrons. The van der Waals surface area contributed by atoms with Crippen LogP contribution in [0.25, 0.3) is 0 Å². The van der Waals surface area contributed by atoms with Crippen molar-refractivity contribution in [1.29, 1.82) is 0 Å². The molecule has 0 aliphatic carbocycles. The van der Waals surface area contributed by atoms with Gasteiger partial charge in [0.05, 0.1) is 0 Å². The van der Waals surface area contributed by atoms with Crippen LogP contribution in [-0.4, -0.2) is 29.7 Å². The summed E-state index contributed by atoms with van der Waals surface area (Å²) in [4.78, 5) is 2.44. The minimum Gasteiger partial charge on any atom is -0.396 e. The first-order valence-electron chi connectivity index (χ1n) is 6.46. The molecule has 0 amide bonds. The molecule has 0 aromatic heterocycles. The third-order valence-corrected chi connectivity index (χ3v) is 4.39. The number of likely N-dealkylation sites (tertiary alicyclic amines) is 1. The van der Waals surface area contributed by atoms with Crippen LogP contribution >= 0.6 is 27.5 Å². The van der Waals surface area contributed by atoms with Crippen molar-refractivity contribution in [3.05, 3.63) is 33.3 Å². The van der Waals surface area contributed by atoms with Crippen LogP contribution in [0.5, 0.6) is 0 Å². The standard InChI is InChI=1S/C14H19BrClNO/c15-13-4-3-12(14(16)8-13)10-17-6-1-2-11(9-17)5-7-18/h3-4,8,11,18H,1-2,5-7,9-10H2. The second kappa shape index (κ2) is 6.90. The van der Waals surface area contributed by atoms with Crippen molar-refractivity contribution < 1.29 is 5.11 Å². The Kier molecular flexibility index (Phi) is 5.49. The molecule has 0 saturated carbocycles. The molecule has 2 nitrogen and oxygen atoms in total. The summed E-state index contributed by atoms with van der Waals surface area (Å²) in [6.45, 7) is 3.42. The Morgan fingerprint density at radius 1 is 1.44 bits per heavy atom. The maximum atomic E-state index is 9.02. The van der Waals surface area contributed by atoms with Crippen molar-refractivity contribution in [2.45, 2.75) is 25.8 Å². The van der Waals surface area contributed by atoms with Crippen LogP contribution in [0, 0.1) is 5.92 Å². The predicted octanol–water partition coefficient (Wildman–Crippen LogP) is 3.70. The van der Waals surface area contributed by atoms with Gasteiger partial charge in [-0.2, -0.15) is 0 Å². The van der Waals surface area contributed by atoms with Gasteiger partial charge in [0.15, 0.2) is 0 Å². The summed E-state index contributed by atoms with van der Waals surface area (Å²) in [5, 5.41) is 9.85. The number of benzene rings is 1. The van der Waals surface area contributed by atoms with E-state index in [1.165, 1.54) is 18.4 Å². The zero-order chi connectivity index (χ0) is 13.0. The quantitative estimate of drug-likeness (QED) is 0.909. The minimum atomic E-state index is 0.303. The number of aliphatic hydroxyl groups excluding tert-OH is 1. The van der Waals surface area contributed by atoms with Crippen LogP contribution in [0.3, 0.4) is 0 Å². The van der Waals surface area contributed by atoms with Crippen molar-refractivity contribution in [2.24, 2.45) is 5.92 Å². The van der Waals surface area contributed by atoms with Crippen molar-refractivity contribution >= 4 is 27.5 Å². The van der Waals surface area contributed by atoms with Crippen LogP contribution in [0.1, 0.15) is 24.8 Å². The molecule has 1 saturated heterocycles. The van der Waals surface area contributed by atoms with Gasteiger partial charge in [-0.3, -0.25) is 4.90 Å². The Labute approximate surface area is 122 Å². The Hall–Kier alpha value is -0.0900. The lowest BCUT2D eigenvalue weighted by atomic mass is 9.95. The number of rotatable bonds is 4. The largest absolute Gasteiger partial charge is 0.396 e. The molecule has 100 valence electrons. The molecule has 1 atom stereocenters. The molecule has 1 aromatic carbocycles. The molecule has 18 heavy (non-hydrogen) atoms. The SMILES string of the molecule is OCCC1CCCN(Cc2ccc(Br)cc2Cl)C1. The molecule has 1 heterocycles. The van der Waals surface area contributed by atoms with E-state index in [2.05, 4.69) is 26.9 Å². The molecule has 1 unspecified atom stereocenters. The first-order chi connectivity index (χ1) is 8.69. The van der Waals surface area contributed by atoms with Gasteiger partial charge in [0.1, 0.15) is 0 Å². The van der Waals surface area contributed by atoms with Gasteiger partial charge in [-0.05, 0) is 49.4 Å². The Morgan fingerprint density at radius 3 is 3.00 bits per heavy atom. The van der Waals surface area contributed by atoms with Crippen molar-refractivity contribution in [2.75, 3.05) is 19.7 Å². The van der Waals surface area contributed by atoms with Gasteiger partial charge in [0.25, 0.3) is 0 Å². The topological polar surface area (TPSA) is 23.5 Å². The average Bonchev–Trinajstić information content (AvgIpc) is 2.34. The molecule has 0 bridgehead atoms. The van der Waals surface area contributed by atoms with Gasteiger partial charge < -0.3 is 5.11 Å². The van der Waals surface area contributed by atoms with E-state index in [1.807, 2.05) is 12.1 Å². The van der Waals surface area contributed by atoms with Crippen molar-refractivity contribution in [3.63, 3.8) is 0 Å². The van der Waals surface area contributed by atoms with E-state index in [4.69, 9.17) is 16.7 Å². The van der Waals surface area contributed by atoms with Gasteiger partial charge in [-0.1, -0.05) is 33.6 Å². The lowest BCUT2D eigenvalue weighted by Gasteiger charge is -2.32. The Balaban J connectivity index is 1.96. The number of nitrogens with zero attached hydrogens (tertiary/aromatic N) is 1. The van der Waals surface area contributed by atoms with E-state index >= 15 is 0 Å². The first kappa shape index (κ1) is 14.3. The highest BCUT2D eigenvalue weighted by molar-refractivity contribution is 9.10. The predicted molar refractivity (Wildman–Crippen MR) is 78.9 cm³/mol. The summed E-state index contributed by atoms with van der Waals surface area (Å²) in [5.74, 6) is 0.637. The first-order valence-corrected chi connectivity index (χ1v) is 7.63. The van der Waals surface area contributed by atoms with E-state index in [-0.39, 0.29) is 0 Å². The van der Waals surface area contributed by atoms with Gasteiger partial charge in [0.2, 0.25) is 0 Å². The van der Waals surface area contributed by atoms with E-state index in [1.54, 1.807) is 0 Å². The summed E-state index contributed by atoms with van der Waals surface area (Å²) >= 11 is 9.68. The second-order valence-corrected chi connectivity index (χ2v) is 6.31. The van der Waals surface area contributed by atoms with Crippen LogP contribution in [0.15, 0.2) is 22.7 Å². The summed E-state index contributed by atoms with van der Waals surface area (Å²) in [5.41, 5.74) is 1.18. The molecule has 0 spiro atoms. The maximum Gasteiger partial charge on any atom is 0.0462 e. The number of hydrogen-bond donors (Lipinski definition) is 1. The molecule has 1 aromatic rings. The number of aliphatic hydroxyl groups is 1. The van der Waals surface area contributed by atoms with Crippen LogP contribution in [0.2, 0.25) is 5.02 Å². The molecule has 1 aliphatic rings. The summed E-state index contributed by atoms with van der Waals surface area (Å²) in [6.07, 6.45) is 3.38. The fraction of sp³-hybridized carbons (Fsp3) is 0.571. The third kappa shape index (κ3) is 3.95. The smallest absolute Gasteiger partial charge is 0.0462 e. The van der Waals surface area contributed by atoms with E-state index in [0.717, 1.165) is 35.6 Å². The van der Waals surface area contributed by atoms with Crippen LogP contribution in [0.4, 0.5) is 0 Å². The normalized spacial score (nSPS) is 21.2. The molecule has 1 aliphatic heterocycles. The fourth-order valence-corrected chi connectivity index (χ4v) is 3.34. The maximum absolute atomic E-state index is 9.02. The number of hydrogen-bond acceptors (Lipinski definition) is 2. The highest BCUT2D eigenvalue weighted by Crippen LogP contribution is 2.25. The zero-order valence-corrected chi connectivity index (χ0v) is 12.8. The summed E-state index contributed by atoms with van der Waals surface area (Å²) in [7, 11) is 0.